The van der Waals surface area contributed by atoms with E-state index >= 15 is 0 Å². The minimum atomic E-state index is -0.435. The number of nitrogens with one attached hydrogen (secondary N) is 2. The Hall–Kier alpha value is -2.12. The average Bonchev–Trinajstić information content (AvgIpc) is 2.54. The molecule has 0 saturated heterocycles. The van der Waals surface area contributed by atoms with Gasteiger partial charge in [0.25, 0.3) is 0 Å². The van der Waals surface area contributed by atoms with E-state index in [0.29, 0.717) is 16.4 Å². The molecule has 0 unspecified atom stereocenters. The number of thiocarbonyl (C=S) groups is 1. The van der Waals surface area contributed by atoms with Crippen molar-refractivity contribution in [1.82, 2.24) is 10.6 Å². The maximum Gasteiger partial charge on any atom is 0.338 e. The first-order valence-electron chi connectivity index (χ1n) is 6.62. The van der Waals surface area contributed by atoms with Crippen LogP contribution in [0.4, 0.5) is 0 Å². The molecule has 7 heteroatoms. The van der Waals surface area contributed by atoms with Gasteiger partial charge in [0.2, 0.25) is 0 Å². The van der Waals surface area contributed by atoms with Gasteiger partial charge in [0.15, 0.2) is 5.11 Å². The molecule has 1 aromatic rings. The van der Waals surface area contributed by atoms with E-state index in [1.807, 2.05) is 24.3 Å². The van der Waals surface area contributed by atoms with E-state index in [0.717, 1.165) is 11.3 Å². The Balaban J connectivity index is 2.46. The van der Waals surface area contributed by atoms with Gasteiger partial charge in [-0.2, -0.15) is 0 Å². The van der Waals surface area contributed by atoms with Crippen molar-refractivity contribution in [3.05, 3.63) is 41.1 Å². The standard InChI is InChI=1S/C15H18N2O4S/c1-19-8-11-12(14(18)21-3)13(17-15(22)16-11)9-4-6-10(20-2)7-5-9/h4-7,13H,8H2,1-3H3,(H2,16,17,22)/t13-/m0/s1. The van der Waals surface area contributed by atoms with Crippen LogP contribution in [-0.2, 0) is 14.3 Å². The topological polar surface area (TPSA) is 68.8 Å². The molecule has 1 atom stereocenters. The Morgan fingerprint density at radius 3 is 2.45 bits per heavy atom. The third-order valence-electron chi connectivity index (χ3n) is 3.30. The largest absolute Gasteiger partial charge is 0.497 e. The van der Waals surface area contributed by atoms with E-state index in [2.05, 4.69) is 10.6 Å². The highest BCUT2D eigenvalue weighted by Gasteiger charge is 2.32. The third kappa shape index (κ3) is 3.37. The molecule has 0 amide bonds. The van der Waals surface area contributed by atoms with Crippen LogP contribution in [0.1, 0.15) is 11.6 Å². The Labute approximate surface area is 134 Å². The van der Waals surface area contributed by atoms with Gasteiger partial charge in [-0.15, -0.1) is 0 Å². The van der Waals surface area contributed by atoms with E-state index in [1.54, 1.807) is 14.2 Å². The Kier molecular flexibility index (Phi) is 5.35. The zero-order chi connectivity index (χ0) is 16.1. The number of benzene rings is 1. The van der Waals surface area contributed by atoms with E-state index < -0.39 is 12.0 Å². The molecule has 118 valence electrons. The summed E-state index contributed by atoms with van der Waals surface area (Å²) in [6.07, 6.45) is 0. The maximum atomic E-state index is 12.2. The Morgan fingerprint density at radius 2 is 1.91 bits per heavy atom. The number of methoxy groups -OCH3 is 3. The van der Waals surface area contributed by atoms with Gasteiger partial charge >= 0.3 is 5.97 Å². The molecule has 0 bridgehead atoms. The van der Waals surface area contributed by atoms with Gasteiger partial charge in [-0.3, -0.25) is 0 Å². The lowest BCUT2D eigenvalue weighted by molar-refractivity contribution is -0.136. The van der Waals surface area contributed by atoms with E-state index in [-0.39, 0.29) is 6.61 Å². The van der Waals surface area contributed by atoms with Crippen LogP contribution < -0.4 is 15.4 Å². The SMILES string of the molecule is COCC1=C(C(=O)OC)[C@H](c2ccc(OC)cc2)NC(=S)N1. The Morgan fingerprint density at radius 1 is 1.23 bits per heavy atom. The van der Waals surface area contributed by atoms with Crippen LogP contribution in [0.15, 0.2) is 35.5 Å². The van der Waals surface area contributed by atoms with Crippen molar-refractivity contribution < 1.29 is 19.0 Å². The molecular weight excluding hydrogens is 304 g/mol. The summed E-state index contributed by atoms with van der Waals surface area (Å²) < 4.78 is 15.2. The van der Waals surface area contributed by atoms with Gasteiger partial charge in [-0.05, 0) is 29.9 Å². The quantitative estimate of drug-likeness (QED) is 0.625. The van der Waals surface area contributed by atoms with Gasteiger partial charge in [-0.25, -0.2) is 4.79 Å². The van der Waals surface area contributed by atoms with Crippen LogP contribution in [0.25, 0.3) is 0 Å². The number of hydrogen-bond acceptors (Lipinski definition) is 5. The summed E-state index contributed by atoms with van der Waals surface area (Å²) in [4.78, 5) is 12.2. The fraction of sp³-hybridized carbons (Fsp3) is 0.333. The summed E-state index contributed by atoms with van der Waals surface area (Å²) in [5, 5.41) is 6.47. The van der Waals surface area contributed by atoms with Gasteiger partial charge in [-0.1, -0.05) is 12.1 Å². The van der Waals surface area contributed by atoms with Crippen molar-refractivity contribution in [2.45, 2.75) is 6.04 Å². The number of carbonyl (C=O) groups is 1. The number of rotatable bonds is 5. The predicted octanol–water partition coefficient (Wildman–Crippen LogP) is 1.29. The normalized spacial score (nSPS) is 17.6. The van der Waals surface area contributed by atoms with Crippen LogP contribution >= 0.6 is 12.2 Å². The highest BCUT2D eigenvalue weighted by molar-refractivity contribution is 7.80. The number of carbonyl (C=O) groups excluding carboxylic acids is 1. The highest BCUT2D eigenvalue weighted by Crippen LogP contribution is 2.28. The number of esters is 1. The minimum Gasteiger partial charge on any atom is -0.497 e. The molecule has 1 heterocycles. The van der Waals surface area contributed by atoms with Crippen LogP contribution in [0, 0.1) is 0 Å². The summed E-state index contributed by atoms with van der Waals surface area (Å²) in [7, 11) is 4.50. The second-order valence-electron chi connectivity index (χ2n) is 4.62. The lowest BCUT2D eigenvalue weighted by Gasteiger charge is -2.30. The second-order valence-corrected chi connectivity index (χ2v) is 5.03. The summed E-state index contributed by atoms with van der Waals surface area (Å²) in [6, 6.07) is 6.99. The summed E-state index contributed by atoms with van der Waals surface area (Å²) in [5.74, 6) is 0.302. The fourth-order valence-corrected chi connectivity index (χ4v) is 2.51. The van der Waals surface area contributed by atoms with Crippen molar-refractivity contribution >= 4 is 23.3 Å². The van der Waals surface area contributed by atoms with Crippen molar-refractivity contribution in [1.29, 1.82) is 0 Å². The predicted molar refractivity (Wildman–Crippen MR) is 85.5 cm³/mol. The van der Waals surface area contributed by atoms with Gasteiger partial charge in [0.1, 0.15) is 5.75 Å². The molecule has 1 aliphatic heterocycles. The van der Waals surface area contributed by atoms with Gasteiger partial charge in [0, 0.05) is 7.11 Å². The van der Waals surface area contributed by atoms with Gasteiger partial charge in [0.05, 0.1) is 38.1 Å². The van der Waals surface area contributed by atoms with E-state index in [9.17, 15) is 4.79 Å². The van der Waals surface area contributed by atoms with Gasteiger partial charge < -0.3 is 24.8 Å². The first kappa shape index (κ1) is 16.3. The molecule has 0 radical (unpaired) electrons. The lowest BCUT2D eigenvalue weighted by atomic mass is 9.95. The minimum absolute atomic E-state index is 0.235. The molecular formula is C15H18N2O4S. The molecule has 6 nitrogen and oxygen atoms in total. The molecule has 1 aromatic carbocycles. The third-order valence-corrected chi connectivity index (χ3v) is 3.52. The molecule has 1 aliphatic rings. The number of hydrogen-bond donors (Lipinski definition) is 2. The maximum absolute atomic E-state index is 12.2. The van der Waals surface area contributed by atoms with Crippen LogP contribution in [0.5, 0.6) is 5.75 Å². The second kappa shape index (κ2) is 7.24. The average molecular weight is 322 g/mol. The van der Waals surface area contributed by atoms with Crippen LogP contribution in [0.2, 0.25) is 0 Å². The first-order chi connectivity index (χ1) is 10.6. The van der Waals surface area contributed by atoms with E-state index in [4.69, 9.17) is 26.4 Å². The van der Waals surface area contributed by atoms with Crippen molar-refractivity contribution in [3.63, 3.8) is 0 Å². The number of ether oxygens (including phenoxy) is 3. The molecule has 0 aromatic heterocycles. The first-order valence-corrected chi connectivity index (χ1v) is 7.03. The van der Waals surface area contributed by atoms with Crippen molar-refractivity contribution in [2.75, 3.05) is 27.9 Å². The fourth-order valence-electron chi connectivity index (χ4n) is 2.27. The molecule has 2 rings (SSSR count). The zero-order valence-corrected chi connectivity index (χ0v) is 13.5. The molecule has 22 heavy (non-hydrogen) atoms. The molecule has 0 spiro atoms. The van der Waals surface area contributed by atoms with Crippen LogP contribution in [0.3, 0.4) is 0 Å². The lowest BCUT2D eigenvalue weighted by Crippen LogP contribution is -2.46. The van der Waals surface area contributed by atoms with Crippen molar-refractivity contribution in [3.8, 4) is 5.75 Å². The summed E-state index contributed by atoms with van der Waals surface area (Å²) >= 11 is 5.21. The Bertz CT molecular complexity index is 598. The monoisotopic (exact) mass is 322 g/mol. The molecule has 0 saturated carbocycles. The summed E-state index contributed by atoms with van der Waals surface area (Å²) in [6.45, 7) is 0.235. The molecule has 0 fully saturated rings. The van der Waals surface area contributed by atoms with E-state index in [1.165, 1.54) is 7.11 Å². The van der Waals surface area contributed by atoms with Crippen LogP contribution in [-0.4, -0.2) is 39.0 Å². The smallest absolute Gasteiger partial charge is 0.338 e. The summed E-state index contributed by atoms with van der Waals surface area (Å²) in [5.41, 5.74) is 1.92. The molecule has 2 N–H and O–H groups in total. The highest BCUT2D eigenvalue weighted by atomic mass is 32.1. The van der Waals surface area contributed by atoms with Crippen molar-refractivity contribution in [2.24, 2.45) is 0 Å². The molecule has 0 aliphatic carbocycles. The zero-order valence-electron chi connectivity index (χ0n) is 12.6.